The van der Waals surface area contributed by atoms with Gasteiger partial charge in [0.2, 0.25) is 0 Å². The molecule has 0 aromatic heterocycles. The second-order valence-corrected chi connectivity index (χ2v) is 9.41. The van der Waals surface area contributed by atoms with Crippen LogP contribution in [-0.2, 0) is 57.1 Å². The third-order valence-corrected chi connectivity index (χ3v) is 5.56. The molecule has 0 unspecified atom stereocenters. The summed E-state index contributed by atoms with van der Waals surface area (Å²) >= 11 is 0. The van der Waals surface area contributed by atoms with Crippen molar-refractivity contribution in [3.63, 3.8) is 0 Å². The van der Waals surface area contributed by atoms with Crippen LogP contribution < -0.4 is 5.32 Å². The van der Waals surface area contributed by atoms with Crippen LogP contribution in [0.25, 0.3) is 0 Å². The first-order chi connectivity index (χ1) is 20.9. The smallest absolute Gasteiger partial charge is 0.407 e. The SMILES string of the molecule is C=CC(=O)OCC(COCC(COC(=O)C=C)(COC(=O)C=C)COC(=O)NCCCC)(COC(=O)C=C)COC(=O)C=C. The molecule has 0 aliphatic carbocycles. The summed E-state index contributed by atoms with van der Waals surface area (Å²) in [5.41, 5.74) is -2.98. The maximum Gasteiger partial charge on any atom is 0.407 e. The van der Waals surface area contributed by atoms with Crippen LogP contribution in [0.1, 0.15) is 19.8 Å². The fourth-order valence-corrected chi connectivity index (χ4v) is 3.04. The van der Waals surface area contributed by atoms with E-state index in [0.717, 1.165) is 36.8 Å². The number of carbonyl (C=O) groups excluding carboxylic acids is 6. The number of alkyl carbamates (subject to hydrolysis) is 1. The maximum atomic E-state index is 12.3. The quantitative estimate of drug-likeness (QED) is 0.0716. The highest BCUT2D eigenvalue weighted by atomic mass is 16.6. The highest BCUT2D eigenvalue weighted by Gasteiger charge is 2.40. The Morgan fingerprint density at radius 3 is 1.09 bits per heavy atom. The third kappa shape index (κ3) is 16.7. The van der Waals surface area contributed by atoms with Crippen LogP contribution in [0.5, 0.6) is 0 Å². The van der Waals surface area contributed by atoms with E-state index in [1.165, 1.54) is 0 Å². The number of hydrogen-bond acceptors (Lipinski definition) is 13. The van der Waals surface area contributed by atoms with Crippen LogP contribution in [0.15, 0.2) is 63.3 Å². The van der Waals surface area contributed by atoms with Crippen LogP contribution in [0.2, 0.25) is 0 Å². The lowest BCUT2D eigenvalue weighted by Gasteiger charge is -2.35. The Balaban J connectivity index is 6.32. The fraction of sp³-hybridized carbons (Fsp3) is 0.467. The van der Waals surface area contributed by atoms with Gasteiger partial charge >= 0.3 is 35.9 Å². The predicted molar refractivity (Wildman–Crippen MR) is 156 cm³/mol. The van der Waals surface area contributed by atoms with E-state index in [-0.39, 0.29) is 0 Å². The van der Waals surface area contributed by atoms with Crippen molar-refractivity contribution in [2.24, 2.45) is 10.8 Å². The monoisotopic (exact) mass is 623 g/mol. The Hall–Kier alpha value is -4.72. The highest BCUT2D eigenvalue weighted by Crippen LogP contribution is 2.26. The summed E-state index contributed by atoms with van der Waals surface area (Å²) in [7, 11) is 0. The van der Waals surface area contributed by atoms with Crippen molar-refractivity contribution in [1.82, 2.24) is 5.32 Å². The number of nitrogens with one attached hydrogen (secondary N) is 1. The lowest BCUT2D eigenvalue weighted by atomic mass is 9.90. The Bertz CT molecular complexity index is 966. The molecule has 0 radical (unpaired) electrons. The first-order valence-corrected chi connectivity index (χ1v) is 13.4. The van der Waals surface area contributed by atoms with Gasteiger partial charge in [-0.3, -0.25) is 0 Å². The van der Waals surface area contributed by atoms with Crippen LogP contribution in [0.4, 0.5) is 4.79 Å². The molecule has 0 aliphatic rings. The van der Waals surface area contributed by atoms with E-state index in [1.54, 1.807) is 0 Å². The van der Waals surface area contributed by atoms with E-state index in [4.69, 9.17) is 33.2 Å². The average molecular weight is 624 g/mol. The summed E-state index contributed by atoms with van der Waals surface area (Å²) < 4.78 is 37.2. The molecule has 44 heavy (non-hydrogen) atoms. The Labute approximate surface area is 256 Å². The van der Waals surface area contributed by atoms with Gasteiger partial charge in [0.05, 0.1) is 24.0 Å². The van der Waals surface area contributed by atoms with Crippen molar-refractivity contribution in [3.8, 4) is 0 Å². The minimum atomic E-state index is -1.49. The van der Waals surface area contributed by atoms with Gasteiger partial charge in [0.25, 0.3) is 0 Å². The van der Waals surface area contributed by atoms with Gasteiger partial charge < -0.3 is 38.5 Å². The highest BCUT2D eigenvalue weighted by molar-refractivity contribution is 5.82. The second-order valence-electron chi connectivity index (χ2n) is 9.41. The van der Waals surface area contributed by atoms with Crippen molar-refractivity contribution in [1.29, 1.82) is 0 Å². The zero-order chi connectivity index (χ0) is 33.4. The van der Waals surface area contributed by atoms with Gasteiger partial charge in [-0.15, -0.1) is 0 Å². The summed E-state index contributed by atoms with van der Waals surface area (Å²) in [4.78, 5) is 71.8. The van der Waals surface area contributed by atoms with Crippen LogP contribution in [-0.4, -0.2) is 95.3 Å². The van der Waals surface area contributed by atoms with Gasteiger partial charge in [-0.25, -0.2) is 28.8 Å². The molecule has 14 nitrogen and oxygen atoms in total. The maximum absolute atomic E-state index is 12.3. The molecular weight excluding hydrogens is 582 g/mol. The molecule has 0 rings (SSSR count). The first-order valence-electron chi connectivity index (χ1n) is 13.4. The number of unbranched alkanes of at least 4 members (excludes halogenated alkanes) is 1. The normalized spacial score (nSPS) is 10.7. The van der Waals surface area contributed by atoms with Gasteiger partial charge in [0.15, 0.2) is 0 Å². The molecule has 0 saturated carbocycles. The molecule has 0 bridgehead atoms. The van der Waals surface area contributed by atoms with Gasteiger partial charge in [0, 0.05) is 36.9 Å². The Morgan fingerprint density at radius 1 is 0.523 bits per heavy atom. The molecule has 0 aliphatic heterocycles. The topological polar surface area (TPSA) is 179 Å². The predicted octanol–water partition coefficient (Wildman–Crippen LogP) is 2.15. The standard InChI is InChI=1S/C30H41NO13/c1-7-13-14-31-28(37)44-22-30(20-42-26(35)11-5,21-43-27(36)12-6)16-38-15-29(17-39-23(32)8-2,18-40-24(33)9-3)19-41-25(34)10-4/h8-12H,2-7,13-22H2,1H3,(H,31,37). The van der Waals surface area contributed by atoms with E-state index < -0.39 is 99.6 Å². The molecule has 0 saturated heterocycles. The molecule has 0 aromatic rings. The van der Waals surface area contributed by atoms with Crippen molar-refractivity contribution < 1.29 is 61.9 Å². The van der Waals surface area contributed by atoms with Crippen LogP contribution in [0, 0.1) is 10.8 Å². The molecule has 0 aromatic carbocycles. The van der Waals surface area contributed by atoms with E-state index in [2.05, 4.69) is 38.2 Å². The number of hydrogen-bond donors (Lipinski definition) is 1. The minimum Gasteiger partial charge on any atom is -0.462 e. The largest absolute Gasteiger partial charge is 0.462 e. The average Bonchev–Trinajstić information content (AvgIpc) is 3.04. The molecule has 0 spiro atoms. The first kappa shape index (κ1) is 39.3. The zero-order valence-corrected chi connectivity index (χ0v) is 25.0. The van der Waals surface area contributed by atoms with Crippen LogP contribution >= 0.6 is 0 Å². The van der Waals surface area contributed by atoms with Crippen molar-refractivity contribution in [3.05, 3.63) is 63.3 Å². The number of amides is 1. The van der Waals surface area contributed by atoms with Gasteiger partial charge in [-0.1, -0.05) is 46.2 Å². The Kier molecular flexibility index (Phi) is 19.6. The van der Waals surface area contributed by atoms with E-state index in [9.17, 15) is 28.8 Å². The minimum absolute atomic E-state index is 0.342. The Morgan fingerprint density at radius 2 is 0.818 bits per heavy atom. The fourth-order valence-electron chi connectivity index (χ4n) is 3.04. The lowest BCUT2D eigenvalue weighted by molar-refractivity contribution is -0.166. The summed E-state index contributed by atoms with van der Waals surface area (Å²) in [6.45, 7) is 15.3. The molecule has 0 heterocycles. The van der Waals surface area contributed by atoms with Crippen molar-refractivity contribution >= 4 is 35.9 Å². The molecule has 1 amide bonds. The van der Waals surface area contributed by atoms with Gasteiger partial charge in [0.1, 0.15) is 39.6 Å². The van der Waals surface area contributed by atoms with E-state index in [1.807, 2.05) is 6.92 Å². The molecule has 0 fully saturated rings. The van der Waals surface area contributed by atoms with Crippen molar-refractivity contribution in [2.75, 3.05) is 59.4 Å². The second kappa shape index (κ2) is 21.9. The summed E-state index contributed by atoms with van der Waals surface area (Å²) in [5.74, 6) is -4.14. The summed E-state index contributed by atoms with van der Waals surface area (Å²) in [6, 6.07) is 0. The number of rotatable bonds is 24. The van der Waals surface area contributed by atoms with E-state index >= 15 is 0 Å². The molecule has 0 atom stereocenters. The molecule has 1 N–H and O–H groups in total. The van der Waals surface area contributed by atoms with Crippen molar-refractivity contribution in [2.45, 2.75) is 19.8 Å². The van der Waals surface area contributed by atoms with Crippen LogP contribution in [0.3, 0.4) is 0 Å². The lowest BCUT2D eigenvalue weighted by Crippen LogP contribution is -2.47. The number of esters is 5. The zero-order valence-electron chi connectivity index (χ0n) is 25.0. The number of ether oxygens (including phenoxy) is 7. The van der Waals surface area contributed by atoms with Gasteiger partial charge in [-0.2, -0.15) is 0 Å². The van der Waals surface area contributed by atoms with Gasteiger partial charge in [-0.05, 0) is 6.42 Å². The summed E-state index contributed by atoms with van der Waals surface area (Å²) in [6.07, 6.45) is 5.23. The molecule has 14 heteroatoms. The third-order valence-electron chi connectivity index (χ3n) is 5.56. The number of carbonyl (C=O) groups is 6. The molecule has 244 valence electrons. The summed E-state index contributed by atoms with van der Waals surface area (Å²) in [5, 5.41) is 2.57. The molecular formula is C30H41NO13. The van der Waals surface area contributed by atoms with E-state index in [0.29, 0.717) is 13.0 Å².